The number of alkyl halides is 3. The number of nitrogens with one attached hydrogen (secondary N) is 1. The van der Waals surface area contributed by atoms with E-state index in [2.05, 4.69) is 11.4 Å². The van der Waals surface area contributed by atoms with Crippen LogP contribution < -0.4 is 5.32 Å². The van der Waals surface area contributed by atoms with Crippen LogP contribution in [0.1, 0.15) is 25.8 Å². The molecule has 0 aliphatic carbocycles. The minimum atomic E-state index is -4.40. The smallest absolute Gasteiger partial charge is 0.384 e. The van der Waals surface area contributed by atoms with E-state index in [1.54, 1.807) is 13.8 Å². The lowest BCUT2D eigenvalue weighted by Gasteiger charge is -2.17. The standard InChI is InChI=1S/C13H14ClF3N2/c1-12(2,8-18)5-6-19-11-7-9(13(15,16)17)3-4-10(11)14/h3-4,7,19H,5-6H2,1-2H3. The molecule has 0 amide bonds. The summed E-state index contributed by atoms with van der Waals surface area (Å²) >= 11 is 5.84. The highest BCUT2D eigenvalue weighted by Gasteiger charge is 2.31. The minimum absolute atomic E-state index is 0.225. The molecule has 1 N–H and O–H groups in total. The summed E-state index contributed by atoms with van der Waals surface area (Å²) < 4.78 is 37.7. The molecule has 0 aliphatic heterocycles. The third kappa shape index (κ3) is 4.64. The summed E-state index contributed by atoms with van der Waals surface area (Å²) in [6.45, 7) is 3.91. The van der Waals surface area contributed by atoms with Gasteiger partial charge in [0, 0.05) is 6.54 Å². The SMILES string of the molecule is CC(C)(C#N)CCNc1cc(C(F)(F)F)ccc1Cl. The molecule has 2 nitrogen and oxygen atoms in total. The van der Waals surface area contributed by atoms with Crippen molar-refractivity contribution in [3.63, 3.8) is 0 Å². The molecular weight excluding hydrogens is 277 g/mol. The summed E-state index contributed by atoms with van der Waals surface area (Å²) in [6.07, 6.45) is -3.89. The highest BCUT2D eigenvalue weighted by Crippen LogP contribution is 2.34. The van der Waals surface area contributed by atoms with Crippen molar-refractivity contribution < 1.29 is 13.2 Å². The highest BCUT2D eigenvalue weighted by atomic mass is 35.5. The fraction of sp³-hybridized carbons (Fsp3) is 0.462. The van der Waals surface area contributed by atoms with Crippen LogP contribution >= 0.6 is 11.6 Å². The van der Waals surface area contributed by atoms with Gasteiger partial charge in [-0.1, -0.05) is 11.6 Å². The second kappa shape index (κ2) is 5.70. The third-order valence-electron chi connectivity index (χ3n) is 2.66. The van der Waals surface area contributed by atoms with Gasteiger partial charge in [-0.2, -0.15) is 18.4 Å². The summed E-state index contributed by atoms with van der Waals surface area (Å²) in [7, 11) is 0. The van der Waals surface area contributed by atoms with Crippen LogP contribution in [0.15, 0.2) is 18.2 Å². The quantitative estimate of drug-likeness (QED) is 0.871. The van der Waals surface area contributed by atoms with E-state index < -0.39 is 17.2 Å². The Labute approximate surface area is 115 Å². The van der Waals surface area contributed by atoms with Gasteiger partial charge in [-0.15, -0.1) is 0 Å². The molecule has 0 bridgehead atoms. The molecule has 0 heterocycles. The van der Waals surface area contributed by atoms with Crippen LogP contribution in [0.2, 0.25) is 5.02 Å². The van der Waals surface area contributed by atoms with Crippen molar-refractivity contribution in [3.8, 4) is 6.07 Å². The first-order chi connectivity index (χ1) is 8.65. The van der Waals surface area contributed by atoms with E-state index in [1.165, 1.54) is 6.07 Å². The first kappa shape index (κ1) is 15.6. The predicted molar refractivity (Wildman–Crippen MR) is 69.0 cm³/mol. The number of benzene rings is 1. The Morgan fingerprint density at radius 3 is 2.47 bits per heavy atom. The highest BCUT2D eigenvalue weighted by molar-refractivity contribution is 6.33. The zero-order valence-electron chi connectivity index (χ0n) is 10.6. The Balaban J connectivity index is 2.77. The van der Waals surface area contributed by atoms with E-state index in [9.17, 15) is 13.2 Å². The number of nitrogens with zero attached hydrogens (tertiary/aromatic N) is 1. The molecule has 104 valence electrons. The number of nitriles is 1. The normalized spacial score (nSPS) is 12.1. The maximum atomic E-state index is 12.6. The van der Waals surface area contributed by atoms with Crippen molar-refractivity contribution >= 4 is 17.3 Å². The maximum Gasteiger partial charge on any atom is 0.416 e. The molecule has 6 heteroatoms. The Hall–Kier alpha value is -1.41. The van der Waals surface area contributed by atoms with E-state index in [0.717, 1.165) is 12.1 Å². The van der Waals surface area contributed by atoms with Gasteiger partial charge >= 0.3 is 6.18 Å². The van der Waals surface area contributed by atoms with Gasteiger partial charge in [-0.3, -0.25) is 0 Å². The summed E-state index contributed by atoms with van der Waals surface area (Å²) in [6, 6.07) is 5.25. The number of hydrogen-bond donors (Lipinski definition) is 1. The second-order valence-corrected chi connectivity index (χ2v) is 5.27. The number of anilines is 1. The lowest BCUT2D eigenvalue weighted by Crippen LogP contribution is -2.15. The van der Waals surface area contributed by atoms with Gasteiger partial charge < -0.3 is 5.32 Å². The molecule has 1 rings (SSSR count). The van der Waals surface area contributed by atoms with Crippen molar-refractivity contribution in [3.05, 3.63) is 28.8 Å². The van der Waals surface area contributed by atoms with Crippen LogP contribution in [0.25, 0.3) is 0 Å². The number of rotatable bonds is 4. The van der Waals surface area contributed by atoms with E-state index in [-0.39, 0.29) is 10.7 Å². The summed E-state index contributed by atoms with van der Waals surface area (Å²) in [5, 5.41) is 11.9. The van der Waals surface area contributed by atoms with Crippen LogP contribution in [-0.2, 0) is 6.18 Å². The second-order valence-electron chi connectivity index (χ2n) is 4.86. The van der Waals surface area contributed by atoms with Gasteiger partial charge in [-0.05, 0) is 38.5 Å². The topological polar surface area (TPSA) is 35.8 Å². The first-order valence-electron chi connectivity index (χ1n) is 5.67. The van der Waals surface area contributed by atoms with Gasteiger partial charge in [0.1, 0.15) is 0 Å². The molecule has 0 unspecified atom stereocenters. The zero-order chi connectivity index (χ0) is 14.7. The van der Waals surface area contributed by atoms with Crippen molar-refractivity contribution in [2.75, 3.05) is 11.9 Å². The zero-order valence-corrected chi connectivity index (χ0v) is 11.4. The summed E-state index contributed by atoms with van der Waals surface area (Å²) in [5.74, 6) is 0. The van der Waals surface area contributed by atoms with Crippen LogP contribution in [0.3, 0.4) is 0 Å². The molecule has 0 fully saturated rings. The Morgan fingerprint density at radius 1 is 1.32 bits per heavy atom. The molecule has 0 spiro atoms. The van der Waals surface area contributed by atoms with Crippen LogP contribution in [-0.4, -0.2) is 6.54 Å². The first-order valence-corrected chi connectivity index (χ1v) is 6.05. The van der Waals surface area contributed by atoms with Gasteiger partial charge in [0.15, 0.2) is 0 Å². The minimum Gasteiger partial charge on any atom is -0.384 e. The van der Waals surface area contributed by atoms with Crippen molar-refractivity contribution in [1.29, 1.82) is 5.26 Å². The molecule has 0 radical (unpaired) electrons. The molecular formula is C13H14ClF3N2. The third-order valence-corrected chi connectivity index (χ3v) is 2.99. The number of hydrogen-bond acceptors (Lipinski definition) is 2. The molecule has 1 aromatic rings. The molecule has 0 saturated carbocycles. The predicted octanol–water partition coefficient (Wildman–Crippen LogP) is 4.71. The summed E-state index contributed by atoms with van der Waals surface area (Å²) in [5.41, 5.74) is -1.05. The van der Waals surface area contributed by atoms with E-state index >= 15 is 0 Å². The molecule has 1 aromatic carbocycles. The van der Waals surface area contributed by atoms with E-state index in [4.69, 9.17) is 16.9 Å². The molecule has 0 saturated heterocycles. The largest absolute Gasteiger partial charge is 0.416 e. The van der Waals surface area contributed by atoms with Gasteiger partial charge in [-0.25, -0.2) is 0 Å². The average molecular weight is 291 g/mol. The lowest BCUT2D eigenvalue weighted by atomic mass is 9.91. The Kier molecular flexibility index (Phi) is 4.70. The van der Waals surface area contributed by atoms with Gasteiger partial charge in [0.25, 0.3) is 0 Å². The number of halogens is 4. The van der Waals surface area contributed by atoms with Crippen LogP contribution in [0, 0.1) is 16.7 Å². The molecule has 19 heavy (non-hydrogen) atoms. The summed E-state index contributed by atoms with van der Waals surface area (Å²) in [4.78, 5) is 0. The van der Waals surface area contributed by atoms with Crippen LogP contribution in [0.4, 0.5) is 18.9 Å². The maximum absolute atomic E-state index is 12.6. The molecule has 0 aromatic heterocycles. The van der Waals surface area contributed by atoms with Gasteiger partial charge in [0.05, 0.1) is 27.8 Å². The monoisotopic (exact) mass is 290 g/mol. The lowest BCUT2D eigenvalue weighted by molar-refractivity contribution is -0.137. The Bertz CT molecular complexity index is 490. The fourth-order valence-electron chi connectivity index (χ4n) is 1.40. The van der Waals surface area contributed by atoms with Crippen molar-refractivity contribution in [2.45, 2.75) is 26.4 Å². The fourth-order valence-corrected chi connectivity index (χ4v) is 1.59. The van der Waals surface area contributed by atoms with Gasteiger partial charge in [0.2, 0.25) is 0 Å². The van der Waals surface area contributed by atoms with E-state index in [1.807, 2.05) is 0 Å². The average Bonchev–Trinajstić information content (AvgIpc) is 2.30. The van der Waals surface area contributed by atoms with Crippen molar-refractivity contribution in [2.24, 2.45) is 5.41 Å². The van der Waals surface area contributed by atoms with E-state index in [0.29, 0.717) is 13.0 Å². The molecule has 0 aliphatic rings. The molecule has 0 atom stereocenters. The van der Waals surface area contributed by atoms with Crippen molar-refractivity contribution in [1.82, 2.24) is 0 Å². The Morgan fingerprint density at radius 2 is 1.95 bits per heavy atom. The van der Waals surface area contributed by atoms with Crippen LogP contribution in [0.5, 0.6) is 0 Å².